The predicted octanol–water partition coefficient (Wildman–Crippen LogP) is 0.872. The standard InChI is InChI=1S/C14H24N4/c1-11-9-13(3)17(15(11)5)7-8-18-14(4)10-12(2)16(18)6/h9-10H,7-8H2,1-6H3/q+2. The van der Waals surface area contributed by atoms with Crippen molar-refractivity contribution in [3.8, 4) is 0 Å². The van der Waals surface area contributed by atoms with Crippen LogP contribution in [0.2, 0.25) is 0 Å². The number of aromatic nitrogens is 4. The molecule has 0 N–H and O–H groups in total. The van der Waals surface area contributed by atoms with Gasteiger partial charge >= 0.3 is 0 Å². The van der Waals surface area contributed by atoms with Gasteiger partial charge in [0.2, 0.25) is 24.5 Å². The van der Waals surface area contributed by atoms with Gasteiger partial charge in [0, 0.05) is 26.0 Å². The molecule has 2 heterocycles. The van der Waals surface area contributed by atoms with Gasteiger partial charge in [-0.2, -0.15) is 9.36 Å². The first-order valence-corrected chi connectivity index (χ1v) is 6.48. The lowest BCUT2D eigenvalue weighted by atomic mass is 10.4. The lowest BCUT2D eigenvalue weighted by molar-refractivity contribution is -0.852. The summed E-state index contributed by atoms with van der Waals surface area (Å²) in [4.78, 5) is 0. The normalized spacial score (nSPS) is 11.2. The summed E-state index contributed by atoms with van der Waals surface area (Å²) < 4.78 is 9.09. The van der Waals surface area contributed by atoms with Gasteiger partial charge in [-0.3, -0.25) is 0 Å². The Morgan fingerprint density at radius 2 is 1.11 bits per heavy atom. The average molecular weight is 248 g/mol. The molecule has 18 heavy (non-hydrogen) atoms. The Labute approximate surface area is 109 Å². The van der Waals surface area contributed by atoms with E-state index in [0.29, 0.717) is 0 Å². The zero-order valence-electron chi connectivity index (χ0n) is 12.4. The molecule has 4 nitrogen and oxygen atoms in total. The molecule has 0 spiro atoms. The summed E-state index contributed by atoms with van der Waals surface area (Å²) in [5.41, 5.74) is 5.24. The highest BCUT2D eigenvalue weighted by atomic mass is 15.4. The van der Waals surface area contributed by atoms with Crippen molar-refractivity contribution in [2.24, 2.45) is 14.1 Å². The summed E-state index contributed by atoms with van der Waals surface area (Å²) in [5.74, 6) is 0. The number of nitrogens with zero attached hydrogens (tertiary/aromatic N) is 4. The average Bonchev–Trinajstić information content (AvgIpc) is 2.67. The van der Waals surface area contributed by atoms with Crippen LogP contribution in [-0.4, -0.2) is 9.36 Å². The van der Waals surface area contributed by atoms with Gasteiger partial charge < -0.3 is 0 Å². The van der Waals surface area contributed by atoms with Crippen molar-refractivity contribution in [2.75, 3.05) is 0 Å². The van der Waals surface area contributed by atoms with Crippen LogP contribution in [0.1, 0.15) is 22.8 Å². The molecule has 2 aromatic rings. The fourth-order valence-corrected chi connectivity index (χ4v) is 2.64. The summed E-state index contributed by atoms with van der Waals surface area (Å²) in [7, 11) is 4.24. The van der Waals surface area contributed by atoms with Crippen molar-refractivity contribution in [3.63, 3.8) is 0 Å². The van der Waals surface area contributed by atoms with E-state index in [1.54, 1.807) is 0 Å². The first-order valence-electron chi connectivity index (χ1n) is 6.48. The molecule has 0 aliphatic heterocycles. The van der Waals surface area contributed by atoms with Crippen molar-refractivity contribution < 1.29 is 9.36 Å². The Hall–Kier alpha value is -1.58. The van der Waals surface area contributed by atoms with E-state index in [-0.39, 0.29) is 0 Å². The largest absolute Gasteiger partial charge is 0.232 e. The molecule has 0 aromatic carbocycles. The van der Waals surface area contributed by atoms with Crippen LogP contribution in [0.5, 0.6) is 0 Å². The van der Waals surface area contributed by atoms with Crippen LogP contribution in [0.4, 0.5) is 0 Å². The minimum absolute atomic E-state index is 0.999. The quantitative estimate of drug-likeness (QED) is 0.718. The van der Waals surface area contributed by atoms with E-state index in [9.17, 15) is 0 Å². The van der Waals surface area contributed by atoms with Crippen LogP contribution in [0.3, 0.4) is 0 Å². The van der Waals surface area contributed by atoms with Crippen LogP contribution in [-0.2, 0) is 27.2 Å². The van der Waals surface area contributed by atoms with Crippen LogP contribution < -0.4 is 9.36 Å². The van der Waals surface area contributed by atoms with E-state index in [1.807, 2.05) is 0 Å². The zero-order valence-corrected chi connectivity index (χ0v) is 12.4. The predicted molar refractivity (Wildman–Crippen MR) is 70.2 cm³/mol. The molecule has 0 amide bonds. The molecule has 4 heteroatoms. The number of hydrogen-bond acceptors (Lipinski definition) is 0. The van der Waals surface area contributed by atoms with Gasteiger partial charge in [0.15, 0.2) is 0 Å². The molecule has 0 saturated carbocycles. The number of rotatable bonds is 3. The fourth-order valence-electron chi connectivity index (χ4n) is 2.64. The topological polar surface area (TPSA) is 17.6 Å². The molecule has 98 valence electrons. The Balaban J connectivity index is 2.21. The van der Waals surface area contributed by atoms with Crippen LogP contribution in [0, 0.1) is 27.7 Å². The molecular formula is C14H24N4+2. The van der Waals surface area contributed by atoms with Crippen molar-refractivity contribution in [3.05, 3.63) is 34.9 Å². The molecule has 0 aliphatic carbocycles. The van der Waals surface area contributed by atoms with Crippen molar-refractivity contribution in [1.29, 1.82) is 0 Å². The lowest BCUT2D eigenvalue weighted by Crippen LogP contribution is -2.53. The second-order valence-corrected chi connectivity index (χ2v) is 5.15. The van der Waals surface area contributed by atoms with E-state index in [1.165, 1.54) is 22.8 Å². The molecule has 0 bridgehead atoms. The molecule has 0 unspecified atom stereocenters. The summed E-state index contributed by atoms with van der Waals surface area (Å²) in [5, 5.41) is 0. The molecule has 0 atom stereocenters. The van der Waals surface area contributed by atoms with Gasteiger partial charge in [0.25, 0.3) is 0 Å². The Bertz CT molecular complexity index is 523. The summed E-state index contributed by atoms with van der Waals surface area (Å²) in [6, 6.07) is 4.46. The first kappa shape index (κ1) is 12.9. The maximum atomic E-state index is 2.32. The van der Waals surface area contributed by atoms with Crippen molar-refractivity contribution in [2.45, 2.75) is 40.8 Å². The second kappa shape index (κ2) is 4.59. The van der Waals surface area contributed by atoms with Gasteiger partial charge in [-0.1, -0.05) is 0 Å². The molecule has 0 aliphatic rings. The molecular weight excluding hydrogens is 224 g/mol. The summed E-state index contributed by atoms with van der Waals surface area (Å²) in [6.07, 6.45) is 0. The number of aryl methyl sites for hydroxylation is 4. The van der Waals surface area contributed by atoms with Crippen LogP contribution in [0.15, 0.2) is 12.1 Å². The van der Waals surface area contributed by atoms with Crippen LogP contribution in [0.25, 0.3) is 0 Å². The molecule has 2 aromatic heterocycles. The lowest BCUT2D eigenvalue weighted by Gasteiger charge is -2.01. The fraction of sp³-hybridized carbons (Fsp3) is 0.571. The minimum Gasteiger partial charge on any atom is -0.161 e. The Morgan fingerprint density at radius 3 is 1.33 bits per heavy atom. The monoisotopic (exact) mass is 248 g/mol. The Kier molecular flexibility index (Phi) is 3.28. The van der Waals surface area contributed by atoms with E-state index in [4.69, 9.17) is 0 Å². The van der Waals surface area contributed by atoms with Crippen LogP contribution >= 0.6 is 0 Å². The van der Waals surface area contributed by atoms with E-state index >= 15 is 0 Å². The van der Waals surface area contributed by atoms with Gasteiger partial charge in [0.1, 0.15) is 0 Å². The zero-order chi connectivity index (χ0) is 13.4. The second-order valence-electron chi connectivity index (χ2n) is 5.15. The maximum absolute atomic E-state index is 2.32. The summed E-state index contributed by atoms with van der Waals surface area (Å²) >= 11 is 0. The Morgan fingerprint density at radius 1 is 0.778 bits per heavy atom. The van der Waals surface area contributed by atoms with Gasteiger partial charge in [0.05, 0.1) is 25.5 Å². The number of hydrogen-bond donors (Lipinski definition) is 0. The third-order valence-corrected chi connectivity index (χ3v) is 3.92. The van der Waals surface area contributed by atoms with Gasteiger partial charge in [-0.15, -0.1) is 9.36 Å². The van der Waals surface area contributed by atoms with Crippen molar-refractivity contribution >= 4 is 0 Å². The highest BCUT2D eigenvalue weighted by Crippen LogP contribution is 1.99. The highest BCUT2D eigenvalue weighted by Gasteiger charge is 2.20. The van der Waals surface area contributed by atoms with Crippen molar-refractivity contribution in [1.82, 2.24) is 9.36 Å². The summed E-state index contributed by atoms with van der Waals surface area (Å²) in [6.45, 7) is 10.6. The SMILES string of the molecule is Cc1cc(C)[n+](CC[n+]2c(C)cc(C)n2C)n1C. The first-order chi connectivity index (χ1) is 8.41. The third kappa shape index (κ3) is 2.07. The van der Waals surface area contributed by atoms with E-state index in [0.717, 1.165) is 13.1 Å². The van der Waals surface area contributed by atoms with E-state index < -0.39 is 0 Å². The smallest absolute Gasteiger partial charge is 0.161 e. The molecule has 2 rings (SSSR count). The van der Waals surface area contributed by atoms with Gasteiger partial charge in [-0.25, -0.2) is 0 Å². The minimum atomic E-state index is 0.999. The third-order valence-electron chi connectivity index (χ3n) is 3.92. The maximum Gasteiger partial charge on any atom is 0.232 e. The molecule has 0 saturated heterocycles. The molecule has 0 fully saturated rings. The van der Waals surface area contributed by atoms with Gasteiger partial charge in [-0.05, 0) is 13.8 Å². The van der Waals surface area contributed by atoms with E-state index in [2.05, 4.69) is 72.7 Å². The molecule has 0 radical (unpaired) electrons. The highest BCUT2D eigenvalue weighted by molar-refractivity contribution is 5.01.